The second-order valence-electron chi connectivity index (χ2n) is 5.70. The van der Waals surface area contributed by atoms with Crippen molar-refractivity contribution >= 4 is 11.0 Å². The number of nitrogens with zero attached hydrogens (tertiary/aromatic N) is 2. The highest BCUT2D eigenvalue weighted by Gasteiger charge is 2.19. The van der Waals surface area contributed by atoms with Crippen LogP contribution in [0.2, 0.25) is 0 Å². The van der Waals surface area contributed by atoms with Crippen molar-refractivity contribution in [3.05, 3.63) is 66.0 Å². The summed E-state index contributed by atoms with van der Waals surface area (Å²) in [5, 5.41) is 19.0. The summed E-state index contributed by atoms with van der Waals surface area (Å²) in [6, 6.07) is 17.5. The van der Waals surface area contributed by atoms with Crippen LogP contribution in [-0.4, -0.2) is 32.5 Å². The van der Waals surface area contributed by atoms with Crippen LogP contribution in [0.1, 0.15) is 17.4 Å². The van der Waals surface area contributed by atoms with E-state index >= 15 is 0 Å². The Bertz CT molecular complexity index is 770. The van der Waals surface area contributed by atoms with Gasteiger partial charge in [-0.05, 0) is 24.1 Å². The molecule has 0 amide bonds. The third-order valence-electron chi connectivity index (χ3n) is 3.92. The second kappa shape index (κ2) is 6.91. The number of hydrogen-bond acceptors (Lipinski definition) is 4. The molecule has 0 fully saturated rings. The van der Waals surface area contributed by atoms with Gasteiger partial charge in [-0.25, -0.2) is 4.98 Å². The average Bonchev–Trinajstić information content (AvgIpc) is 2.94. The number of nitrogens with two attached hydrogens (primary N) is 1. The van der Waals surface area contributed by atoms with E-state index in [1.165, 1.54) is 0 Å². The Morgan fingerprint density at radius 1 is 1.04 bits per heavy atom. The van der Waals surface area contributed by atoms with Crippen LogP contribution in [-0.2, 0) is 13.0 Å². The topological polar surface area (TPSA) is 84.3 Å². The smallest absolute Gasteiger partial charge is 0.127 e. The molecule has 2 atom stereocenters. The van der Waals surface area contributed by atoms with E-state index in [0.717, 1.165) is 22.4 Å². The number of imidazole rings is 1. The van der Waals surface area contributed by atoms with Gasteiger partial charge < -0.3 is 20.5 Å². The standard InChI is InChI=1S/C18H21N3O2/c19-15(10-13-6-2-1-3-7-13)18-20-16-8-4-5-9-17(16)21(18)11-14(23)12-22/h1-9,14-15,22-23H,10-12,19H2. The van der Waals surface area contributed by atoms with Crippen molar-refractivity contribution in [2.24, 2.45) is 5.73 Å². The molecule has 2 unspecified atom stereocenters. The molecule has 0 saturated carbocycles. The van der Waals surface area contributed by atoms with Crippen LogP contribution in [0.4, 0.5) is 0 Å². The SMILES string of the molecule is NC(Cc1ccccc1)c1nc2ccccc2n1CC(O)CO. The lowest BCUT2D eigenvalue weighted by atomic mass is 10.1. The molecule has 1 heterocycles. The lowest BCUT2D eigenvalue weighted by molar-refractivity contribution is 0.0812. The van der Waals surface area contributed by atoms with E-state index in [4.69, 9.17) is 10.8 Å². The number of hydrogen-bond donors (Lipinski definition) is 3. The summed E-state index contributed by atoms with van der Waals surface area (Å²) in [5.41, 5.74) is 9.28. The summed E-state index contributed by atoms with van der Waals surface area (Å²) < 4.78 is 1.91. The van der Waals surface area contributed by atoms with Gasteiger partial charge in [-0.1, -0.05) is 42.5 Å². The van der Waals surface area contributed by atoms with Crippen molar-refractivity contribution in [2.75, 3.05) is 6.61 Å². The predicted molar refractivity (Wildman–Crippen MR) is 89.9 cm³/mol. The van der Waals surface area contributed by atoms with E-state index in [1.807, 2.05) is 59.2 Å². The summed E-state index contributed by atoms with van der Waals surface area (Å²) >= 11 is 0. The average molecular weight is 311 g/mol. The minimum atomic E-state index is -0.838. The second-order valence-corrected chi connectivity index (χ2v) is 5.70. The van der Waals surface area contributed by atoms with Gasteiger partial charge in [0, 0.05) is 0 Å². The molecule has 23 heavy (non-hydrogen) atoms. The van der Waals surface area contributed by atoms with Crippen molar-refractivity contribution in [1.82, 2.24) is 9.55 Å². The van der Waals surface area contributed by atoms with Gasteiger partial charge in [-0.15, -0.1) is 0 Å². The summed E-state index contributed by atoms with van der Waals surface area (Å²) in [6.07, 6.45) is -0.172. The van der Waals surface area contributed by atoms with Gasteiger partial charge in [0.15, 0.2) is 0 Å². The molecule has 5 heteroatoms. The number of rotatable bonds is 6. The van der Waals surface area contributed by atoms with Gasteiger partial charge >= 0.3 is 0 Å². The zero-order chi connectivity index (χ0) is 16.2. The predicted octanol–water partition coefficient (Wildman–Crippen LogP) is 1.63. The monoisotopic (exact) mass is 311 g/mol. The van der Waals surface area contributed by atoms with Crippen LogP contribution in [0, 0.1) is 0 Å². The van der Waals surface area contributed by atoms with Crippen LogP contribution in [0.3, 0.4) is 0 Å². The fraction of sp³-hybridized carbons (Fsp3) is 0.278. The highest BCUT2D eigenvalue weighted by Crippen LogP contribution is 2.22. The van der Waals surface area contributed by atoms with Crippen molar-refractivity contribution < 1.29 is 10.2 Å². The molecule has 5 nitrogen and oxygen atoms in total. The third kappa shape index (κ3) is 3.42. The van der Waals surface area contributed by atoms with E-state index in [2.05, 4.69) is 4.98 Å². The lowest BCUT2D eigenvalue weighted by Crippen LogP contribution is -2.25. The molecule has 3 aromatic rings. The van der Waals surface area contributed by atoms with E-state index in [1.54, 1.807) is 0 Å². The van der Waals surface area contributed by atoms with Crippen LogP contribution in [0.5, 0.6) is 0 Å². The molecule has 0 radical (unpaired) electrons. The fourth-order valence-corrected chi connectivity index (χ4v) is 2.80. The molecule has 4 N–H and O–H groups in total. The zero-order valence-electron chi connectivity index (χ0n) is 12.8. The van der Waals surface area contributed by atoms with Crippen molar-refractivity contribution in [3.8, 4) is 0 Å². The molecule has 0 aliphatic carbocycles. The third-order valence-corrected chi connectivity index (χ3v) is 3.92. The zero-order valence-corrected chi connectivity index (χ0v) is 12.8. The largest absolute Gasteiger partial charge is 0.394 e. The molecule has 1 aromatic heterocycles. The van der Waals surface area contributed by atoms with Gasteiger partial charge in [0.2, 0.25) is 0 Å². The Hall–Kier alpha value is -2.21. The number of aliphatic hydroxyl groups excluding tert-OH is 2. The molecule has 2 aromatic carbocycles. The minimum Gasteiger partial charge on any atom is -0.394 e. The molecule has 0 spiro atoms. The van der Waals surface area contributed by atoms with Gasteiger partial charge in [0.1, 0.15) is 5.82 Å². The molecule has 120 valence electrons. The molecule has 0 aliphatic rings. The van der Waals surface area contributed by atoms with Crippen molar-refractivity contribution in [1.29, 1.82) is 0 Å². The van der Waals surface area contributed by atoms with Crippen LogP contribution < -0.4 is 5.73 Å². The van der Waals surface area contributed by atoms with Gasteiger partial charge in [0.05, 0.1) is 36.3 Å². The number of aromatic nitrogens is 2. The van der Waals surface area contributed by atoms with Crippen LogP contribution in [0.25, 0.3) is 11.0 Å². The molecule has 0 bridgehead atoms. The number of benzene rings is 2. The molecule has 0 aliphatic heterocycles. The summed E-state index contributed by atoms with van der Waals surface area (Å²) in [4.78, 5) is 4.64. The van der Waals surface area contributed by atoms with E-state index in [9.17, 15) is 5.11 Å². The minimum absolute atomic E-state index is 0.273. The number of para-hydroxylation sites is 2. The molecule has 0 saturated heterocycles. The maximum absolute atomic E-state index is 9.85. The lowest BCUT2D eigenvalue weighted by Gasteiger charge is -2.17. The Kier molecular flexibility index (Phi) is 4.71. The van der Waals surface area contributed by atoms with E-state index in [-0.39, 0.29) is 19.2 Å². The van der Waals surface area contributed by atoms with Crippen LogP contribution >= 0.6 is 0 Å². The van der Waals surface area contributed by atoms with E-state index in [0.29, 0.717) is 6.42 Å². The first-order valence-corrected chi connectivity index (χ1v) is 7.72. The van der Waals surface area contributed by atoms with Crippen molar-refractivity contribution in [2.45, 2.75) is 25.1 Å². The summed E-state index contributed by atoms with van der Waals surface area (Å²) in [7, 11) is 0. The van der Waals surface area contributed by atoms with Crippen molar-refractivity contribution in [3.63, 3.8) is 0 Å². The fourth-order valence-electron chi connectivity index (χ4n) is 2.80. The van der Waals surface area contributed by atoms with E-state index < -0.39 is 6.10 Å². The van der Waals surface area contributed by atoms with Crippen LogP contribution in [0.15, 0.2) is 54.6 Å². The molecular weight excluding hydrogens is 290 g/mol. The number of aliphatic hydroxyl groups is 2. The van der Waals surface area contributed by atoms with Gasteiger partial charge in [-0.2, -0.15) is 0 Å². The Labute approximate surface area is 135 Å². The maximum atomic E-state index is 9.85. The summed E-state index contributed by atoms with van der Waals surface area (Å²) in [6.45, 7) is -0.0191. The Morgan fingerprint density at radius 3 is 2.48 bits per heavy atom. The van der Waals surface area contributed by atoms with Gasteiger partial charge in [-0.3, -0.25) is 0 Å². The Morgan fingerprint density at radius 2 is 1.74 bits per heavy atom. The first kappa shape index (κ1) is 15.7. The normalized spacial score (nSPS) is 14.0. The molecule has 3 rings (SSSR count). The quantitative estimate of drug-likeness (QED) is 0.646. The Balaban J connectivity index is 1.96. The number of fused-ring (bicyclic) bond motifs is 1. The summed E-state index contributed by atoms with van der Waals surface area (Å²) in [5.74, 6) is 0.725. The van der Waals surface area contributed by atoms with Gasteiger partial charge in [0.25, 0.3) is 0 Å². The highest BCUT2D eigenvalue weighted by molar-refractivity contribution is 5.76. The first-order chi connectivity index (χ1) is 11.2. The highest BCUT2D eigenvalue weighted by atomic mass is 16.3. The first-order valence-electron chi connectivity index (χ1n) is 7.72. The maximum Gasteiger partial charge on any atom is 0.127 e. The molecular formula is C18H21N3O2.